The molecule has 6 heteroatoms. The zero-order valence-corrected chi connectivity index (χ0v) is 14.9. The molecule has 2 rings (SSSR count). The molecule has 0 aromatic heterocycles. The van der Waals surface area contributed by atoms with Crippen molar-refractivity contribution in [3.63, 3.8) is 0 Å². The maximum absolute atomic E-state index is 13.2. The van der Waals surface area contributed by atoms with E-state index in [1.54, 1.807) is 19.9 Å². The Morgan fingerprint density at radius 1 is 1.35 bits per heavy atom. The second-order valence-electron chi connectivity index (χ2n) is 5.46. The Morgan fingerprint density at radius 3 is 2.74 bits per heavy atom. The summed E-state index contributed by atoms with van der Waals surface area (Å²) in [7, 11) is -3.40. The number of hydrogen-bond acceptors (Lipinski definition) is 5. The van der Waals surface area contributed by atoms with Gasteiger partial charge in [0.15, 0.2) is 0 Å². The van der Waals surface area contributed by atoms with Crippen LogP contribution in [0.15, 0.2) is 24.3 Å². The van der Waals surface area contributed by atoms with Gasteiger partial charge in [0.05, 0.1) is 24.6 Å². The molecule has 1 aromatic carbocycles. The van der Waals surface area contributed by atoms with Gasteiger partial charge in [-0.05, 0) is 44.9 Å². The second kappa shape index (κ2) is 7.43. The lowest BCUT2D eigenvalue weighted by Gasteiger charge is -2.31. The number of aryl methyl sites for hydroxylation is 2. The number of carbonyl (C=O) groups is 1. The topological polar surface area (TPSA) is 61.8 Å². The summed E-state index contributed by atoms with van der Waals surface area (Å²) in [6.45, 7) is 8.04. The third kappa shape index (κ3) is 4.11. The van der Waals surface area contributed by atoms with Crippen LogP contribution in [0, 0.1) is 13.8 Å². The van der Waals surface area contributed by atoms with Crippen LogP contribution in [0.2, 0.25) is 0 Å². The molecule has 1 heterocycles. The number of hydrogen-bond donors (Lipinski definition) is 0. The Morgan fingerprint density at radius 2 is 2.09 bits per heavy atom. The SMILES string of the molecule is CCOC(=O)/C=C/C1Cc2cc(C)cc(C)c2P(=O)(OCC)O1. The number of benzene rings is 1. The predicted molar refractivity (Wildman–Crippen MR) is 89.1 cm³/mol. The molecule has 1 aliphatic heterocycles. The summed E-state index contributed by atoms with van der Waals surface area (Å²) < 4.78 is 29.2. The van der Waals surface area contributed by atoms with Crippen LogP contribution in [-0.4, -0.2) is 25.3 Å². The lowest BCUT2D eigenvalue weighted by molar-refractivity contribution is -0.137. The molecule has 2 unspecified atom stereocenters. The molecule has 0 amide bonds. The van der Waals surface area contributed by atoms with Crippen molar-refractivity contribution in [1.82, 2.24) is 0 Å². The number of esters is 1. The number of rotatable bonds is 5. The van der Waals surface area contributed by atoms with E-state index in [4.69, 9.17) is 13.8 Å². The van der Waals surface area contributed by atoms with Crippen molar-refractivity contribution in [1.29, 1.82) is 0 Å². The first-order valence-corrected chi connectivity index (χ1v) is 9.32. The van der Waals surface area contributed by atoms with Crippen LogP contribution in [0.1, 0.15) is 30.5 Å². The van der Waals surface area contributed by atoms with E-state index >= 15 is 0 Å². The van der Waals surface area contributed by atoms with Gasteiger partial charge in [-0.2, -0.15) is 0 Å². The van der Waals surface area contributed by atoms with Crippen molar-refractivity contribution in [2.24, 2.45) is 0 Å². The Labute approximate surface area is 137 Å². The minimum Gasteiger partial charge on any atom is -0.463 e. The fourth-order valence-corrected chi connectivity index (χ4v) is 4.97. The van der Waals surface area contributed by atoms with E-state index in [2.05, 4.69) is 0 Å². The third-order valence-electron chi connectivity index (χ3n) is 3.53. The highest BCUT2D eigenvalue weighted by Gasteiger charge is 2.38. The molecule has 126 valence electrons. The van der Waals surface area contributed by atoms with Crippen molar-refractivity contribution >= 4 is 18.9 Å². The highest BCUT2D eigenvalue weighted by Crippen LogP contribution is 2.53. The fraction of sp³-hybridized carbons (Fsp3) is 0.471. The first-order chi connectivity index (χ1) is 10.9. The van der Waals surface area contributed by atoms with Crippen LogP contribution in [0.25, 0.3) is 0 Å². The Kier molecular flexibility index (Phi) is 5.79. The normalized spacial score (nSPS) is 23.7. The monoisotopic (exact) mass is 338 g/mol. The zero-order chi connectivity index (χ0) is 17.0. The van der Waals surface area contributed by atoms with Crippen molar-refractivity contribution < 1.29 is 23.1 Å². The van der Waals surface area contributed by atoms with Gasteiger partial charge in [0.25, 0.3) is 0 Å². The molecule has 0 saturated carbocycles. The average Bonchev–Trinajstić information content (AvgIpc) is 2.44. The van der Waals surface area contributed by atoms with Crippen LogP contribution in [0.5, 0.6) is 0 Å². The summed E-state index contributed by atoms with van der Waals surface area (Å²) in [6.07, 6.45) is 2.97. The van der Waals surface area contributed by atoms with Crippen molar-refractivity contribution in [3.05, 3.63) is 41.0 Å². The second-order valence-corrected chi connectivity index (χ2v) is 7.38. The van der Waals surface area contributed by atoms with E-state index in [-0.39, 0.29) is 0 Å². The smallest absolute Gasteiger partial charge is 0.362 e. The molecule has 5 nitrogen and oxygen atoms in total. The highest BCUT2D eigenvalue weighted by molar-refractivity contribution is 7.62. The van der Waals surface area contributed by atoms with Gasteiger partial charge in [0.2, 0.25) is 0 Å². The lowest BCUT2D eigenvalue weighted by atomic mass is 10.0. The van der Waals surface area contributed by atoms with Crippen LogP contribution < -0.4 is 5.30 Å². The summed E-state index contributed by atoms with van der Waals surface area (Å²) in [5, 5.41) is 0.658. The van der Waals surface area contributed by atoms with E-state index in [0.717, 1.165) is 16.7 Å². The van der Waals surface area contributed by atoms with E-state index in [9.17, 15) is 9.36 Å². The van der Waals surface area contributed by atoms with Gasteiger partial charge >= 0.3 is 13.6 Å². The van der Waals surface area contributed by atoms with Crippen LogP contribution in [0.3, 0.4) is 0 Å². The maximum Gasteiger partial charge on any atom is 0.362 e. The molecule has 0 aliphatic carbocycles. The molecular weight excluding hydrogens is 315 g/mol. The Bertz CT molecular complexity index is 665. The molecule has 0 bridgehead atoms. The van der Waals surface area contributed by atoms with Gasteiger partial charge < -0.3 is 9.26 Å². The van der Waals surface area contributed by atoms with Crippen molar-refractivity contribution in [2.45, 2.75) is 40.2 Å². The van der Waals surface area contributed by atoms with Gasteiger partial charge in [0, 0.05) is 12.5 Å². The molecule has 0 N–H and O–H groups in total. The minimum absolute atomic E-state index is 0.290. The number of carbonyl (C=O) groups excluding carboxylic acids is 1. The van der Waals surface area contributed by atoms with Crippen molar-refractivity contribution in [3.8, 4) is 0 Å². The average molecular weight is 338 g/mol. The largest absolute Gasteiger partial charge is 0.463 e. The minimum atomic E-state index is -3.40. The van der Waals surface area contributed by atoms with E-state index in [0.29, 0.717) is 24.9 Å². The first-order valence-electron chi connectivity index (χ1n) is 7.78. The number of fused-ring (bicyclic) bond motifs is 1. The number of ether oxygens (including phenoxy) is 1. The third-order valence-corrected chi connectivity index (χ3v) is 5.86. The zero-order valence-electron chi connectivity index (χ0n) is 14.0. The maximum atomic E-state index is 13.2. The molecule has 0 fully saturated rings. The van der Waals surface area contributed by atoms with Crippen LogP contribution >= 0.6 is 7.60 Å². The fourth-order valence-electron chi connectivity index (χ4n) is 2.82. The quantitative estimate of drug-likeness (QED) is 0.469. The first kappa shape index (κ1) is 17.9. The molecule has 0 spiro atoms. The van der Waals surface area contributed by atoms with Gasteiger partial charge in [-0.25, -0.2) is 4.79 Å². The summed E-state index contributed by atoms with van der Waals surface area (Å²) in [6, 6.07) is 3.98. The van der Waals surface area contributed by atoms with Gasteiger partial charge in [0.1, 0.15) is 0 Å². The van der Waals surface area contributed by atoms with E-state index in [1.165, 1.54) is 6.08 Å². The molecule has 0 radical (unpaired) electrons. The molecule has 23 heavy (non-hydrogen) atoms. The molecule has 2 atom stereocenters. The highest BCUT2D eigenvalue weighted by atomic mass is 31.2. The Hall–Kier alpha value is -1.42. The van der Waals surface area contributed by atoms with Crippen LogP contribution in [-0.2, 0) is 29.6 Å². The van der Waals surface area contributed by atoms with Gasteiger partial charge in [-0.3, -0.25) is 9.09 Å². The predicted octanol–water partition coefficient (Wildman–Crippen LogP) is 3.22. The van der Waals surface area contributed by atoms with Crippen LogP contribution in [0.4, 0.5) is 0 Å². The lowest BCUT2D eigenvalue weighted by Crippen LogP contribution is -2.30. The summed E-state index contributed by atoms with van der Waals surface area (Å²) in [5.74, 6) is -0.437. The summed E-state index contributed by atoms with van der Waals surface area (Å²) in [4.78, 5) is 11.5. The van der Waals surface area contributed by atoms with Crippen molar-refractivity contribution in [2.75, 3.05) is 13.2 Å². The molecule has 1 aromatic rings. The molecule has 1 aliphatic rings. The Balaban J connectivity index is 2.36. The summed E-state index contributed by atoms with van der Waals surface area (Å²) >= 11 is 0. The van der Waals surface area contributed by atoms with E-state index in [1.807, 2.05) is 26.0 Å². The van der Waals surface area contributed by atoms with Gasteiger partial charge in [-0.15, -0.1) is 0 Å². The molecule has 0 saturated heterocycles. The van der Waals surface area contributed by atoms with E-state index < -0.39 is 19.7 Å². The molecular formula is C17H23O5P. The van der Waals surface area contributed by atoms with Gasteiger partial charge in [-0.1, -0.05) is 17.7 Å². The standard InChI is InChI=1S/C17H23O5P/c1-5-20-16(18)8-7-15-11-14-10-12(3)9-13(4)17(14)23(19,22-15)21-6-2/h7-10,15H,5-6,11H2,1-4H3/b8-7+. The summed E-state index contributed by atoms with van der Waals surface area (Å²) in [5.41, 5.74) is 2.95.